The average Bonchev–Trinajstić information content (AvgIpc) is 2.74. The number of aromatic amines is 1. The highest BCUT2D eigenvalue weighted by atomic mass is 35.5. The highest BCUT2D eigenvalue weighted by molar-refractivity contribution is 6.32. The molecule has 1 unspecified atom stereocenters. The van der Waals surface area contributed by atoms with Crippen LogP contribution in [0.5, 0.6) is 0 Å². The van der Waals surface area contributed by atoms with Crippen molar-refractivity contribution in [2.24, 2.45) is 5.73 Å². The molecule has 3 N–H and O–H groups in total. The molecule has 0 fully saturated rings. The largest absolute Gasteiger partial charge is 0.380 e. The van der Waals surface area contributed by atoms with E-state index in [4.69, 9.17) is 22.1 Å². The van der Waals surface area contributed by atoms with Crippen molar-refractivity contribution in [3.8, 4) is 0 Å². The van der Waals surface area contributed by atoms with Crippen LogP contribution in [0.15, 0.2) is 12.1 Å². The number of halogens is 1. The Balaban J connectivity index is 2.35. The Bertz CT molecular complexity index is 520. The van der Waals surface area contributed by atoms with E-state index in [-0.39, 0.29) is 6.10 Å². The van der Waals surface area contributed by atoms with Gasteiger partial charge in [-0.1, -0.05) is 11.6 Å². The molecule has 0 amide bonds. The quantitative estimate of drug-likeness (QED) is 0.877. The van der Waals surface area contributed by atoms with E-state index >= 15 is 0 Å². The zero-order chi connectivity index (χ0) is 12.4. The molecule has 2 aromatic rings. The van der Waals surface area contributed by atoms with Gasteiger partial charge in [0.05, 0.1) is 17.1 Å². The van der Waals surface area contributed by atoms with Gasteiger partial charge in [0.2, 0.25) is 0 Å². The monoisotopic (exact) mass is 253 g/mol. The number of hydrogen-bond acceptors (Lipinski definition) is 3. The Kier molecular flexibility index (Phi) is 3.66. The average molecular weight is 254 g/mol. The summed E-state index contributed by atoms with van der Waals surface area (Å²) in [4.78, 5) is 7.79. The maximum Gasteiger partial charge on any atom is 0.109 e. The third-order valence-electron chi connectivity index (χ3n) is 2.91. The standard InChI is InChI=1S/C12H16ClN3O/c1-7-9(13)3-4-10-12(7)16-11(15-10)5-8(6-14)17-2/h3-4,8H,5-6,14H2,1-2H3,(H,15,16). The first-order chi connectivity index (χ1) is 8.15. The Morgan fingerprint density at radius 1 is 1.53 bits per heavy atom. The third kappa shape index (κ3) is 2.44. The van der Waals surface area contributed by atoms with Gasteiger partial charge in [0, 0.05) is 25.1 Å². The molecule has 4 nitrogen and oxygen atoms in total. The molecule has 0 aliphatic carbocycles. The molecule has 1 aromatic carbocycles. The first-order valence-electron chi connectivity index (χ1n) is 5.52. The minimum Gasteiger partial charge on any atom is -0.380 e. The summed E-state index contributed by atoms with van der Waals surface area (Å²) < 4.78 is 5.24. The van der Waals surface area contributed by atoms with Crippen LogP contribution in [0.2, 0.25) is 5.02 Å². The maximum absolute atomic E-state index is 6.06. The SMILES string of the molecule is COC(CN)Cc1nc2c(C)c(Cl)ccc2[nH]1. The van der Waals surface area contributed by atoms with Crippen molar-refractivity contribution in [2.75, 3.05) is 13.7 Å². The number of ether oxygens (including phenoxy) is 1. The molecule has 17 heavy (non-hydrogen) atoms. The lowest BCUT2D eigenvalue weighted by Gasteiger charge is -2.09. The summed E-state index contributed by atoms with van der Waals surface area (Å²) in [5.74, 6) is 0.877. The van der Waals surface area contributed by atoms with Crippen LogP contribution in [0.1, 0.15) is 11.4 Å². The van der Waals surface area contributed by atoms with Gasteiger partial charge in [-0.3, -0.25) is 0 Å². The molecule has 0 radical (unpaired) electrons. The molecule has 0 saturated carbocycles. The summed E-state index contributed by atoms with van der Waals surface area (Å²) >= 11 is 6.06. The van der Waals surface area contributed by atoms with Crippen molar-refractivity contribution < 1.29 is 4.74 Å². The number of aryl methyl sites for hydroxylation is 1. The molecule has 2 rings (SSSR count). The predicted molar refractivity (Wildman–Crippen MR) is 69.4 cm³/mol. The second-order valence-electron chi connectivity index (χ2n) is 4.05. The highest BCUT2D eigenvalue weighted by Gasteiger charge is 2.12. The molecule has 0 saturated heterocycles. The predicted octanol–water partition coefficient (Wildman–Crippen LogP) is 2.04. The van der Waals surface area contributed by atoms with Crippen LogP contribution in [-0.4, -0.2) is 29.7 Å². The summed E-state index contributed by atoms with van der Waals surface area (Å²) in [7, 11) is 1.66. The van der Waals surface area contributed by atoms with E-state index in [2.05, 4.69) is 9.97 Å². The van der Waals surface area contributed by atoms with Gasteiger partial charge < -0.3 is 15.5 Å². The lowest BCUT2D eigenvalue weighted by molar-refractivity contribution is 0.108. The fourth-order valence-electron chi connectivity index (χ4n) is 1.81. The lowest BCUT2D eigenvalue weighted by Crippen LogP contribution is -2.25. The minimum atomic E-state index is -0.00802. The fourth-order valence-corrected chi connectivity index (χ4v) is 1.97. The van der Waals surface area contributed by atoms with Crippen molar-refractivity contribution in [3.05, 3.63) is 28.5 Å². The first-order valence-corrected chi connectivity index (χ1v) is 5.90. The van der Waals surface area contributed by atoms with E-state index in [0.29, 0.717) is 13.0 Å². The molecule has 1 aromatic heterocycles. The normalized spacial score (nSPS) is 13.2. The van der Waals surface area contributed by atoms with Crippen molar-refractivity contribution in [2.45, 2.75) is 19.4 Å². The number of nitrogens with one attached hydrogen (secondary N) is 1. The number of nitrogens with two attached hydrogens (primary N) is 1. The van der Waals surface area contributed by atoms with Crippen molar-refractivity contribution in [3.63, 3.8) is 0 Å². The number of aromatic nitrogens is 2. The smallest absolute Gasteiger partial charge is 0.109 e. The number of rotatable bonds is 4. The van der Waals surface area contributed by atoms with Gasteiger partial charge in [-0.05, 0) is 24.6 Å². The number of H-pyrrole nitrogens is 1. The van der Waals surface area contributed by atoms with Crippen LogP contribution >= 0.6 is 11.6 Å². The Labute approximate surface area is 105 Å². The fraction of sp³-hybridized carbons (Fsp3) is 0.417. The van der Waals surface area contributed by atoms with Gasteiger partial charge in [-0.2, -0.15) is 0 Å². The van der Waals surface area contributed by atoms with Crippen LogP contribution in [0.4, 0.5) is 0 Å². The molecule has 0 bridgehead atoms. The van der Waals surface area contributed by atoms with Crippen molar-refractivity contribution in [1.29, 1.82) is 0 Å². The number of methoxy groups -OCH3 is 1. The van der Waals surface area contributed by atoms with Gasteiger partial charge in [-0.25, -0.2) is 4.98 Å². The van der Waals surface area contributed by atoms with E-state index in [1.165, 1.54) is 0 Å². The van der Waals surface area contributed by atoms with Gasteiger partial charge >= 0.3 is 0 Å². The molecular formula is C12H16ClN3O. The Hall–Kier alpha value is -1.10. The maximum atomic E-state index is 6.06. The van der Waals surface area contributed by atoms with Crippen molar-refractivity contribution in [1.82, 2.24) is 9.97 Å². The molecule has 1 heterocycles. The van der Waals surface area contributed by atoms with Gasteiger partial charge in [-0.15, -0.1) is 0 Å². The first kappa shape index (κ1) is 12.4. The van der Waals surface area contributed by atoms with Gasteiger partial charge in [0.1, 0.15) is 5.82 Å². The van der Waals surface area contributed by atoms with Gasteiger partial charge in [0.25, 0.3) is 0 Å². The van der Waals surface area contributed by atoms with E-state index in [1.807, 2.05) is 19.1 Å². The Morgan fingerprint density at radius 2 is 2.29 bits per heavy atom. The number of nitrogens with zero attached hydrogens (tertiary/aromatic N) is 1. The lowest BCUT2D eigenvalue weighted by atomic mass is 10.2. The molecule has 5 heteroatoms. The van der Waals surface area contributed by atoms with E-state index in [1.54, 1.807) is 7.11 Å². The zero-order valence-electron chi connectivity index (χ0n) is 9.96. The van der Waals surface area contributed by atoms with Crippen LogP contribution < -0.4 is 5.73 Å². The second-order valence-corrected chi connectivity index (χ2v) is 4.46. The topological polar surface area (TPSA) is 63.9 Å². The second kappa shape index (κ2) is 5.04. The van der Waals surface area contributed by atoms with Crippen LogP contribution in [0.25, 0.3) is 11.0 Å². The summed E-state index contributed by atoms with van der Waals surface area (Å²) in [6.45, 7) is 2.44. The zero-order valence-corrected chi connectivity index (χ0v) is 10.7. The van der Waals surface area contributed by atoms with E-state index < -0.39 is 0 Å². The minimum absolute atomic E-state index is 0.00802. The highest BCUT2D eigenvalue weighted by Crippen LogP contribution is 2.23. The molecule has 0 spiro atoms. The summed E-state index contributed by atoms with van der Waals surface area (Å²) in [5.41, 5.74) is 8.50. The van der Waals surface area contributed by atoms with Crippen LogP contribution in [0.3, 0.4) is 0 Å². The summed E-state index contributed by atoms with van der Waals surface area (Å²) in [5, 5.41) is 0.734. The molecule has 1 atom stereocenters. The van der Waals surface area contributed by atoms with Crippen LogP contribution in [-0.2, 0) is 11.2 Å². The number of benzene rings is 1. The number of imidazole rings is 1. The number of fused-ring (bicyclic) bond motifs is 1. The van der Waals surface area contributed by atoms with E-state index in [9.17, 15) is 0 Å². The van der Waals surface area contributed by atoms with E-state index in [0.717, 1.165) is 27.4 Å². The van der Waals surface area contributed by atoms with Gasteiger partial charge in [0.15, 0.2) is 0 Å². The molecule has 0 aliphatic heterocycles. The summed E-state index contributed by atoms with van der Waals surface area (Å²) in [6, 6.07) is 3.81. The Morgan fingerprint density at radius 3 is 2.94 bits per heavy atom. The number of hydrogen-bond donors (Lipinski definition) is 2. The molecule has 0 aliphatic rings. The summed E-state index contributed by atoms with van der Waals surface area (Å²) in [6.07, 6.45) is 0.671. The van der Waals surface area contributed by atoms with Crippen LogP contribution in [0, 0.1) is 6.92 Å². The molecule has 92 valence electrons. The van der Waals surface area contributed by atoms with Crippen molar-refractivity contribution >= 4 is 22.6 Å². The third-order valence-corrected chi connectivity index (χ3v) is 3.32. The molecular weight excluding hydrogens is 238 g/mol.